The molecule has 0 aliphatic heterocycles. The highest BCUT2D eigenvalue weighted by Crippen LogP contribution is 2.26. The van der Waals surface area contributed by atoms with Gasteiger partial charge in [-0.15, -0.1) is 0 Å². The van der Waals surface area contributed by atoms with Crippen LogP contribution in [0.4, 0.5) is 11.4 Å². The van der Waals surface area contributed by atoms with Crippen LogP contribution in [-0.4, -0.2) is 11.8 Å². The van der Waals surface area contributed by atoms with Crippen LogP contribution in [-0.2, 0) is 16.0 Å². The van der Waals surface area contributed by atoms with E-state index in [1.54, 1.807) is 24.3 Å². The average Bonchev–Trinajstić information content (AvgIpc) is 2.56. The van der Waals surface area contributed by atoms with Gasteiger partial charge in [0.1, 0.15) is 0 Å². The molecule has 2 rings (SSSR count). The first-order valence-corrected chi connectivity index (χ1v) is 8.41. The Morgan fingerprint density at radius 1 is 1.00 bits per heavy atom. The maximum atomic E-state index is 12.2. The Balaban J connectivity index is 2.00. The van der Waals surface area contributed by atoms with Gasteiger partial charge in [0.25, 0.3) is 0 Å². The molecule has 0 heterocycles. The normalized spacial score (nSPS) is 11.1. The number of allylic oxidation sites excluding steroid dienone is 1. The molecule has 0 aromatic heterocycles. The van der Waals surface area contributed by atoms with Crippen LogP contribution in [0.15, 0.2) is 60.2 Å². The van der Waals surface area contributed by atoms with E-state index in [0.717, 1.165) is 18.4 Å². The number of hydrogen-bond donors (Lipinski definition) is 2. The van der Waals surface area contributed by atoms with Gasteiger partial charge in [0.15, 0.2) is 0 Å². The third-order valence-corrected chi connectivity index (χ3v) is 3.81. The first-order valence-electron chi connectivity index (χ1n) is 8.03. The van der Waals surface area contributed by atoms with Crippen molar-refractivity contribution < 1.29 is 9.59 Å². The highest BCUT2D eigenvalue weighted by atomic mass is 35.5. The number of nitrogens with one attached hydrogen (secondary N) is 2. The van der Waals surface area contributed by atoms with Crippen LogP contribution in [0.25, 0.3) is 0 Å². The van der Waals surface area contributed by atoms with E-state index in [4.69, 9.17) is 11.6 Å². The molecular weight excluding hydrogens is 336 g/mol. The molecule has 2 aromatic rings. The fraction of sp³-hybridized carbons (Fsp3) is 0.200. The van der Waals surface area contributed by atoms with Crippen molar-refractivity contribution in [2.75, 3.05) is 10.6 Å². The lowest BCUT2D eigenvalue weighted by atomic mass is 10.1. The summed E-state index contributed by atoms with van der Waals surface area (Å²) < 4.78 is 0. The molecule has 2 N–H and O–H groups in total. The lowest BCUT2D eigenvalue weighted by Gasteiger charge is -2.11. The van der Waals surface area contributed by atoms with Crippen molar-refractivity contribution in [2.24, 2.45) is 0 Å². The van der Waals surface area contributed by atoms with Gasteiger partial charge >= 0.3 is 0 Å². The molecule has 0 aliphatic carbocycles. The van der Waals surface area contributed by atoms with Gasteiger partial charge in [0.2, 0.25) is 11.8 Å². The fourth-order valence-corrected chi connectivity index (χ4v) is 2.54. The predicted molar refractivity (Wildman–Crippen MR) is 103 cm³/mol. The van der Waals surface area contributed by atoms with E-state index in [2.05, 4.69) is 22.8 Å². The topological polar surface area (TPSA) is 58.2 Å². The molecule has 0 fully saturated rings. The first-order chi connectivity index (χ1) is 11.9. The van der Waals surface area contributed by atoms with Gasteiger partial charge < -0.3 is 10.6 Å². The van der Waals surface area contributed by atoms with Gasteiger partial charge in [-0.3, -0.25) is 9.59 Å². The van der Waals surface area contributed by atoms with Crippen LogP contribution >= 0.6 is 11.6 Å². The minimum atomic E-state index is -0.237. The average molecular weight is 357 g/mol. The smallest absolute Gasteiger partial charge is 0.248 e. The van der Waals surface area contributed by atoms with Gasteiger partial charge in [-0.2, -0.15) is 0 Å². The van der Waals surface area contributed by atoms with Crippen LogP contribution in [0.5, 0.6) is 0 Å². The minimum Gasteiger partial charge on any atom is -0.324 e. The van der Waals surface area contributed by atoms with Crippen LogP contribution in [0.2, 0.25) is 5.02 Å². The molecule has 130 valence electrons. The Bertz CT molecular complexity index is 786. The summed E-state index contributed by atoms with van der Waals surface area (Å²) in [5.74, 6) is -0.466. The molecule has 2 aromatic carbocycles. The second-order valence-electron chi connectivity index (χ2n) is 5.84. The molecular formula is C20H21ClN2O2. The molecule has 0 bridgehead atoms. The second-order valence-corrected chi connectivity index (χ2v) is 6.27. The van der Waals surface area contributed by atoms with E-state index in [-0.39, 0.29) is 11.8 Å². The molecule has 0 unspecified atom stereocenters. The van der Waals surface area contributed by atoms with Crippen molar-refractivity contribution in [3.8, 4) is 0 Å². The van der Waals surface area contributed by atoms with Gasteiger partial charge in [-0.1, -0.05) is 47.5 Å². The van der Waals surface area contributed by atoms with Crippen LogP contribution < -0.4 is 10.6 Å². The van der Waals surface area contributed by atoms with Crippen molar-refractivity contribution in [1.82, 2.24) is 0 Å². The molecule has 5 heteroatoms. The van der Waals surface area contributed by atoms with E-state index >= 15 is 0 Å². The standard InChI is InChI=1S/C20H21ClN2O2/c1-14(8-9-16-6-4-3-5-7-16)12-20(25)23-18-11-10-17(21)13-19(18)22-15(2)24/h3-7,10-13H,8-9H2,1-2H3,(H,22,24)(H,23,25)/b14-12-. The van der Waals surface area contributed by atoms with Crippen molar-refractivity contribution in [3.63, 3.8) is 0 Å². The number of halogens is 1. The van der Waals surface area contributed by atoms with E-state index in [1.807, 2.05) is 25.1 Å². The molecule has 4 nitrogen and oxygen atoms in total. The monoisotopic (exact) mass is 356 g/mol. The summed E-state index contributed by atoms with van der Waals surface area (Å²) in [5.41, 5.74) is 3.21. The van der Waals surface area contributed by atoms with Gasteiger partial charge in [0, 0.05) is 18.0 Å². The number of rotatable bonds is 6. The first kappa shape index (κ1) is 18.7. The van der Waals surface area contributed by atoms with Crippen LogP contribution in [0.3, 0.4) is 0 Å². The second kappa shape index (κ2) is 9.04. The lowest BCUT2D eigenvalue weighted by Crippen LogP contribution is -2.13. The minimum absolute atomic E-state index is 0.229. The van der Waals surface area contributed by atoms with E-state index in [9.17, 15) is 9.59 Å². The summed E-state index contributed by atoms with van der Waals surface area (Å²) in [6.45, 7) is 3.33. The molecule has 0 spiro atoms. The number of carbonyl (C=O) groups is 2. The highest BCUT2D eigenvalue weighted by Gasteiger charge is 2.08. The van der Waals surface area contributed by atoms with Gasteiger partial charge in [-0.25, -0.2) is 0 Å². The SMILES string of the molecule is CC(=O)Nc1cc(Cl)ccc1NC(=O)/C=C(/C)CCc1ccccc1. The molecule has 25 heavy (non-hydrogen) atoms. The lowest BCUT2D eigenvalue weighted by molar-refractivity contribution is -0.114. The van der Waals surface area contributed by atoms with Crippen molar-refractivity contribution in [1.29, 1.82) is 0 Å². The van der Waals surface area contributed by atoms with Crippen molar-refractivity contribution >= 4 is 34.8 Å². The molecule has 0 radical (unpaired) electrons. The number of aryl methyl sites for hydroxylation is 1. The number of carbonyl (C=O) groups excluding carboxylic acids is 2. The fourth-order valence-electron chi connectivity index (χ4n) is 2.37. The van der Waals surface area contributed by atoms with E-state index in [0.29, 0.717) is 16.4 Å². The maximum absolute atomic E-state index is 12.2. The Labute approximate surface area is 152 Å². The summed E-state index contributed by atoms with van der Waals surface area (Å²) in [6, 6.07) is 15.1. The van der Waals surface area contributed by atoms with Crippen molar-refractivity contribution in [3.05, 3.63) is 70.8 Å². The maximum Gasteiger partial charge on any atom is 0.248 e. The Kier molecular flexibility index (Phi) is 6.78. The van der Waals surface area contributed by atoms with Crippen LogP contribution in [0.1, 0.15) is 25.8 Å². The van der Waals surface area contributed by atoms with Gasteiger partial charge in [0.05, 0.1) is 11.4 Å². The summed E-state index contributed by atoms with van der Waals surface area (Å²) >= 11 is 5.94. The van der Waals surface area contributed by atoms with E-state index < -0.39 is 0 Å². The summed E-state index contributed by atoms with van der Waals surface area (Å²) in [6.07, 6.45) is 3.26. The number of amides is 2. The Morgan fingerprint density at radius 2 is 1.72 bits per heavy atom. The zero-order chi connectivity index (χ0) is 18.2. The number of anilines is 2. The number of hydrogen-bond acceptors (Lipinski definition) is 2. The van der Waals surface area contributed by atoms with Crippen LogP contribution in [0, 0.1) is 0 Å². The zero-order valence-electron chi connectivity index (χ0n) is 14.3. The Morgan fingerprint density at radius 3 is 2.40 bits per heavy atom. The molecule has 0 saturated heterocycles. The summed E-state index contributed by atoms with van der Waals surface area (Å²) in [4.78, 5) is 23.5. The highest BCUT2D eigenvalue weighted by molar-refractivity contribution is 6.31. The molecule has 0 atom stereocenters. The third-order valence-electron chi connectivity index (χ3n) is 3.58. The van der Waals surface area contributed by atoms with E-state index in [1.165, 1.54) is 12.5 Å². The summed E-state index contributed by atoms with van der Waals surface area (Å²) in [5, 5.41) is 5.93. The molecule has 2 amide bonds. The zero-order valence-corrected chi connectivity index (χ0v) is 15.1. The van der Waals surface area contributed by atoms with Crippen molar-refractivity contribution in [2.45, 2.75) is 26.7 Å². The third kappa shape index (κ3) is 6.43. The Hall–Kier alpha value is -2.59. The molecule has 0 aliphatic rings. The predicted octanol–water partition coefficient (Wildman–Crippen LogP) is 4.82. The molecule has 0 saturated carbocycles. The number of benzene rings is 2. The van der Waals surface area contributed by atoms with Gasteiger partial charge in [-0.05, 0) is 43.5 Å². The summed E-state index contributed by atoms with van der Waals surface area (Å²) in [7, 11) is 0. The largest absolute Gasteiger partial charge is 0.324 e. The quantitative estimate of drug-likeness (QED) is 0.729.